The van der Waals surface area contributed by atoms with Crippen molar-refractivity contribution in [1.29, 1.82) is 0 Å². The lowest BCUT2D eigenvalue weighted by Crippen LogP contribution is -2.39. The van der Waals surface area contributed by atoms with Crippen LogP contribution in [0.2, 0.25) is 0 Å². The minimum Gasteiger partial charge on any atom is -0.508 e. The molecule has 11 heteroatoms. The Balaban J connectivity index is 1.42. The molecule has 7 rings (SSSR count). The van der Waals surface area contributed by atoms with Crippen molar-refractivity contribution in [3.8, 4) is 33.3 Å². The van der Waals surface area contributed by atoms with Gasteiger partial charge in [-0.05, 0) is 80.8 Å². The average molecular weight is 598 g/mol. The zero-order valence-electron chi connectivity index (χ0n) is 23.2. The highest BCUT2D eigenvalue weighted by Gasteiger charge is 2.35. The summed E-state index contributed by atoms with van der Waals surface area (Å²) < 4.78 is 35.6. The van der Waals surface area contributed by atoms with Gasteiger partial charge in [0.1, 0.15) is 17.3 Å². The van der Waals surface area contributed by atoms with Gasteiger partial charge < -0.3 is 14.5 Å². The van der Waals surface area contributed by atoms with E-state index in [0.29, 0.717) is 35.1 Å². The number of piperidine rings is 1. The fourth-order valence-corrected chi connectivity index (χ4v) is 6.63. The number of fused-ring (bicyclic) bond motifs is 1. The van der Waals surface area contributed by atoms with Crippen LogP contribution in [0.25, 0.3) is 38.5 Å². The van der Waals surface area contributed by atoms with Gasteiger partial charge in [0.05, 0.1) is 28.5 Å². The highest BCUT2D eigenvalue weighted by atomic mass is 32.1. The maximum absolute atomic E-state index is 14.4. The molecule has 0 unspecified atom stereocenters. The first-order valence-corrected chi connectivity index (χ1v) is 14.6. The maximum atomic E-state index is 14.4. The fraction of sp³-hybridized carbons (Fsp3) is 0.188. The summed E-state index contributed by atoms with van der Waals surface area (Å²) in [5, 5.41) is 16.4. The number of carbonyl (C=O) groups is 1. The minimum atomic E-state index is -1.02. The van der Waals surface area contributed by atoms with E-state index in [1.54, 1.807) is 24.3 Å². The average Bonchev–Trinajstić information content (AvgIpc) is 3.71. The highest BCUT2D eigenvalue weighted by Crippen LogP contribution is 2.40. The summed E-state index contributed by atoms with van der Waals surface area (Å²) in [6.45, 7) is 3.74. The molecule has 1 atom stereocenters. The molecule has 0 aliphatic carbocycles. The van der Waals surface area contributed by atoms with Crippen LogP contribution in [0.1, 0.15) is 42.6 Å². The minimum absolute atomic E-state index is 0.162. The Bertz CT molecular complexity index is 1990. The molecule has 1 saturated heterocycles. The van der Waals surface area contributed by atoms with E-state index in [4.69, 9.17) is 14.5 Å². The van der Waals surface area contributed by atoms with Crippen molar-refractivity contribution >= 4 is 34.0 Å². The number of aromatic hydroxyl groups is 1. The Morgan fingerprint density at radius 3 is 2.51 bits per heavy atom. The Morgan fingerprint density at radius 1 is 0.977 bits per heavy atom. The fourth-order valence-electron chi connectivity index (χ4n) is 5.78. The second-order valence-electron chi connectivity index (χ2n) is 10.5. The number of halogens is 2. The van der Waals surface area contributed by atoms with Gasteiger partial charge in [-0.15, -0.1) is 11.3 Å². The van der Waals surface area contributed by atoms with Crippen LogP contribution in [-0.2, 0) is 4.79 Å². The molecule has 0 saturated carbocycles. The maximum Gasteiger partial charge on any atom is 0.227 e. The molecule has 0 spiro atoms. The van der Waals surface area contributed by atoms with Gasteiger partial charge in [-0.2, -0.15) is 0 Å². The number of thiazole rings is 1. The Morgan fingerprint density at radius 2 is 1.77 bits per heavy atom. The van der Waals surface area contributed by atoms with Gasteiger partial charge in [-0.3, -0.25) is 9.36 Å². The predicted octanol–water partition coefficient (Wildman–Crippen LogP) is 7.66. The molecule has 3 aromatic heterocycles. The number of anilines is 1. The summed E-state index contributed by atoms with van der Waals surface area (Å²) in [5.41, 5.74) is 5.82. The number of hydrogen-bond acceptors (Lipinski definition) is 7. The summed E-state index contributed by atoms with van der Waals surface area (Å²) in [4.78, 5) is 24.9. The van der Waals surface area contributed by atoms with Crippen LogP contribution in [0, 0.1) is 25.5 Å². The SMILES string of the molecule is Cc1noc(C)c1-c1ccc2c(c1)nc([C@@H]1CCCC(=O)N1c1ccc(F)c(F)c1)n2-c1nc(-c2ccc(O)cc2)cs1. The Labute approximate surface area is 248 Å². The number of aromatic nitrogens is 4. The normalized spacial score (nSPS) is 15.5. The molecule has 3 aromatic carbocycles. The van der Waals surface area contributed by atoms with E-state index in [0.717, 1.165) is 45.7 Å². The van der Waals surface area contributed by atoms with E-state index in [-0.39, 0.29) is 23.8 Å². The van der Waals surface area contributed by atoms with Crippen molar-refractivity contribution in [2.24, 2.45) is 0 Å². The number of rotatable bonds is 5. The third kappa shape index (κ3) is 4.65. The quantitative estimate of drug-likeness (QED) is 0.219. The number of amides is 1. The summed E-state index contributed by atoms with van der Waals surface area (Å²) in [5.74, 6) is -0.775. The lowest BCUT2D eigenvalue weighted by Gasteiger charge is -2.35. The third-order valence-electron chi connectivity index (χ3n) is 7.78. The lowest BCUT2D eigenvalue weighted by molar-refractivity contribution is -0.120. The Hall–Kier alpha value is -4.90. The van der Waals surface area contributed by atoms with Gasteiger partial charge in [0.15, 0.2) is 16.8 Å². The number of benzene rings is 3. The highest BCUT2D eigenvalue weighted by molar-refractivity contribution is 7.12. The first kappa shape index (κ1) is 27.0. The van der Waals surface area contributed by atoms with Gasteiger partial charge in [0, 0.05) is 34.7 Å². The molecular weight excluding hydrogens is 572 g/mol. The van der Waals surface area contributed by atoms with Gasteiger partial charge >= 0.3 is 0 Å². The lowest BCUT2D eigenvalue weighted by atomic mass is 9.99. The zero-order chi connectivity index (χ0) is 29.8. The van der Waals surface area contributed by atoms with Crippen molar-refractivity contribution in [3.05, 3.63) is 95.0 Å². The van der Waals surface area contributed by atoms with E-state index in [1.807, 2.05) is 42.0 Å². The molecule has 0 radical (unpaired) electrons. The van der Waals surface area contributed by atoms with Crippen LogP contribution in [-0.4, -0.2) is 30.7 Å². The molecule has 1 N–H and O–H groups in total. The summed E-state index contributed by atoms with van der Waals surface area (Å²) in [6.07, 6.45) is 1.48. The van der Waals surface area contributed by atoms with Crippen LogP contribution in [0.5, 0.6) is 5.75 Å². The van der Waals surface area contributed by atoms with Gasteiger partial charge in [-0.25, -0.2) is 18.7 Å². The Kier molecular flexibility index (Phi) is 6.54. The first-order chi connectivity index (χ1) is 20.8. The molecule has 4 heterocycles. The zero-order valence-corrected chi connectivity index (χ0v) is 24.0. The van der Waals surface area contributed by atoms with Crippen molar-refractivity contribution in [2.45, 2.75) is 39.2 Å². The van der Waals surface area contributed by atoms with Gasteiger partial charge in [0.2, 0.25) is 5.91 Å². The summed E-state index contributed by atoms with van der Waals surface area (Å²) in [7, 11) is 0. The largest absolute Gasteiger partial charge is 0.508 e. The van der Waals surface area contributed by atoms with Crippen molar-refractivity contribution < 1.29 is 23.2 Å². The topological polar surface area (TPSA) is 97.3 Å². The number of hydrogen-bond donors (Lipinski definition) is 1. The second kappa shape index (κ2) is 10.4. The molecule has 1 aliphatic heterocycles. The number of nitrogens with zero attached hydrogens (tertiary/aromatic N) is 5. The van der Waals surface area contributed by atoms with Crippen molar-refractivity contribution in [2.75, 3.05) is 4.90 Å². The number of carbonyl (C=O) groups excluding carboxylic acids is 1. The number of aryl methyl sites for hydroxylation is 2. The summed E-state index contributed by atoms with van der Waals surface area (Å²) >= 11 is 1.42. The number of phenols is 1. The van der Waals surface area contributed by atoms with Crippen LogP contribution >= 0.6 is 11.3 Å². The van der Waals surface area contributed by atoms with E-state index in [9.17, 15) is 18.7 Å². The number of imidazole rings is 1. The molecule has 1 fully saturated rings. The smallest absolute Gasteiger partial charge is 0.227 e. The van der Waals surface area contributed by atoms with Crippen LogP contribution in [0.4, 0.5) is 14.5 Å². The molecule has 43 heavy (non-hydrogen) atoms. The third-order valence-corrected chi connectivity index (χ3v) is 8.60. The molecule has 216 valence electrons. The molecule has 1 amide bonds. The second-order valence-corrected chi connectivity index (χ2v) is 11.4. The summed E-state index contributed by atoms with van der Waals surface area (Å²) in [6, 6.07) is 15.7. The van der Waals surface area contributed by atoms with Crippen LogP contribution in [0.3, 0.4) is 0 Å². The van der Waals surface area contributed by atoms with E-state index in [1.165, 1.54) is 22.3 Å². The van der Waals surface area contributed by atoms with E-state index >= 15 is 0 Å². The van der Waals surface area contributed by atoms with Gasteiger partial charge in [-0.1, -0.05) is 11.2 Å². The van der Waals surface area contributed by atoms with Gasteiger partial charge in [0.25, 0.3) is 0 Å². The van der Waals surface area contributed by atoms with E-state index in [2.05, 4.69) is 5.16 Å². The van der Waals surface area contributed by atoms with Crippen LogP contribution in [0.15, 0.2) is 70.6 Å². The number of phenolic OH excluding ortho intramolecular Hbond substituents is 1. The molecule has 1 aliphatic rings. The van der Waals surface area contributed by atoms with E-state index < -0.39 is 17.7 Å². The standard InChI is InChI=1S/C32H25F2N5O3S/c1-17-30(18(2)42-37-17)20-8-13-27-25(14-20)35-31(39(27)32-36-26(16-43-32)19-6-10-22(40)11-7-19)28-4-3-5-29(41)38(28)21-9-12-23(33)24(34)15-21/h6-16,28,40H,3-5H2,1-2H3/t28-/m0/s1. The first-order valence-electron chi connectivity index (χ1n) is 13.8. The molecular formula is C32H25F2N5O3S. The predicted molar refractivity (Wildman–Crippen MR) is 159 cm³/mol. The molecule has 6 aromatic rings. The monoisotopic (exact) mass is 597 g/mol. The van der Waals surface area contributed by atoms with Crippen LogP contribution < -0.4 is 4.90 Å². The molecule has 0 bridgehead atoms. The van der Waals surface area contributed by atoms with Crippen molar-refractivity contribution in [1.82, 2.24) is 19.7 Å². The van der Waals surface area contributed by atoms with Crippen molar-refractivity contribution in [3.63, 3.8) is 0 Å². The molecule has 8 nitrogen and oxygen atoms in total.